The molecule has 35 heavy (non-hydrogen) atoms. The Labute approximate surface area is 209 Å². The van der Waals surface area contributed by atoms with E-state index in [0.717, 1.165) is 11.1 Å². The molecule has 0 spiro atoms. The summed E-state index contributed by atoms with van der Waals surface area (Å²) in [6.45, 7) is 5.40. The van der Waals surface area contributed by atoms with Gasteiger partial charge in [0.1, 0.15) is 24.0 Å². The molecule has 0 radical (unpaired) electrons. The van der Waals surface area contributed by atoms with Crippen LogP contribution in [0.5, 0.6) is 5.75 Å². The molecule has 0 aliphatic carbocycles. The van der Waals surface area contributed by atoms with Crippen molar-refractivity contribution in [2.24, 2.45) is 0 Å². The van der Waals surface area contributed by atoms with Gasteiger partial charge in [-0.2, -0.15) is 8.42 Å². The summed E-state index contributed by atoms with van der Waals surface area (Å²) in [5.41, 5.74) is 3.17. The quantitative estimate of drug-likeness (QED) is 0.206. The molecule has 0 amide bonds. The molecule has 1 heterocycles. The van der Waals surface area contributed by atoms with Gasteiger partial charge in [-0.25, -0.2) is 0 Å². The lowest BCUT2D eigenvalue weighted by atomic mass is 10.2. The number of hydrogen-bond acceptors (Lipinski definition) is 7. The van der Waals surface area contributed by atoms with Crippen molar-refractivity contribution in [1.82, 2.24) is 0 Å². The Morgan fingerprint density at radius 1 is 0.943 bits per heavy atom. The van der Waals surface area contributed by atoms with Crippen LogP contribution in [-0.4, -0.2) is 21.1 Å². The normalized spacial score (nSPS) is 12.5. The van der Waals surface area contributed by atoms with Gasteiger partial charge >= 0.3 is 0 Å². The van der Waals surface area contributed by atoms with Crippen LogP contribution in [0.3, 0.4) is 0 Å². The molecule has 8 heteroatoms. The summed E-state index contributed by atoms with van der Waals surface area (Å²) in [5, 5.41) is 1.19. The lowest BCUT2D eigenvalue weighted by Gasteiger charge is -2.14. The Morgan fingerprint density at radius 2 is 1.63 bits per heavy atom. The Hall–Kier alpha value is -3.07. The van der Waals surface area contributed by atoms with Crippen LogP contribution in [-0.2, 0) is 20.1 Å². The third-order valence-corrected chi connectivity index (χ3v) is 7.92. The summed E-state index contributed by atoms with van der Waals surface area (Å²) in [6, 6.07) is 21.2. The molecule has 0 bridgehead atoms. The van der Waals surface area contributed by atoms with E-state index in [4.69, 9.17) is 13.3 Å². The topological polar surface area (TPSA) is 82.8 Å². The van der Waals surface area contributed by atoms with Crippen molar-refractivity contribution in [3.63, 3.8) is 0 Å². The van der Waals surface area contributed by atoms with Crippen molar-refractivity contribution < 1.29 is 21.8 Å². The van der Waals surface area contributed by atoms with E-state index in [1.165, 1.54) is 23.9 Å². The summed E-state index contributed by atoms with van der Waals surface area (Å²) in [7, 11) is -3.86. The van der Waals surface area contributed by atoms with Crippen molar-refractivity contribution in [3.05, 3.63) is 99.7 Å². The predicted molar refractivity (Wildman–Crippen MR) is 138 cm³/mol. The second-order valence-electron chi connectivity index (χ2n) is 8.26. The molecule has 0 N–H and O–H groups in total. The molecule has 0 saturated carbocycles. The number of para-hydroxylation sites is 1. The van der Waals surface area contributed by atoms with Crippen LogP contribution < -0.4 is 10.2 Å². The third kappa shape index (κ3) is 6.14. The van der Waals surface area contributed by atoms with E-state index < -0.39 is 16.2 Å². The van der Waals surface area contributed by atoms with E-state index in [-0.39, 0.29) is 16.9 Å². The molecule has 3 aromatic carbocycles. The number of ether oxygens (including phenoxy) is 1. The summed E-state index contributed by atoms with van der Waals surface area (Å²) in [5.74, 6) is 1.23. The van der Waals surface area contributed by atoms with Gasteiger partial charge in [-0.05, 0) is 62.7 Å². The van der Waals surface area contributed by atoms with Gasteiger partial charge in [0.05, 0.1) is 10.3 Å². The number of thioether (sulfide) groups is 1. The van der Waals surface area contributed by atoms with Gasteiger partial charge in [0.2, 0.25) is 0 Å². The van der Waals surface area contributed by atoms with E-state index >= 15 is 0 Å². The molecular weight excluding hydrogens is 484 g/mol. The maximum Gasteiger partial charge on any atom is 0.297 e. The second-order valence-corrected chi connectivity index (χ2v) is 10.8. The van der Waals surface area contributed by atoms with Crippen LogP contribution in [0.2, 0.25) is 0 Å². The van der Waals surface area contributed by atoms with Gasteiger partial charge in [-0.3, -0.25) is 8.98 Å². The fraction of sp³-hybridized carbons (Fsp3) is 0.222. The highest BCUT2D eigenvalue weighted by Gasteiger charge is 2.19. The number of fused-ring (bicyclic) bond motifs is 1. The zero-order valence-electron chi connectivity index (χ0n) is 19.7. The summed E-state index contributed by atoms with van der Waals surface area (Å²) >= 11 is 1.46. The molecular formula is C27H26O6S2. The molecule has 0 saturated heterocycles. The van der Waals surface area contributed by atoms with E-state index in [1.54, 1.807) is 38.1 Å². The van der Waals surface area contributed by atoms with Crippen LogP contribution in [0.1, 0.15) is 23.6 Å². The third-order valence-electron chi connectivity index (χ3n) is 5.36. The van der Waals surface area contributed by atoms with E-state index in [2.05, 4.69) is 0 Å². The first-order valence-corrected chi connectivity index (χ1v) is 13.5. The van der Waals surface area contributed by atoms with Gasteiger partial charge in [-0.1, -0.05) is 53.7 Å². The van der Waals surface area contributed by atoms with Crippen LogP contribution in [0, 0.1) is 13.8 Å². The number of benzene rings is 3. The van der Waals surface area contributed by atoms with Crippen molar-refractivity contribution in [2.75, 3.05) is 6.61 Å². The van der Waals surface area contributed by atoms with Gasteiger partial charge < -0.3 is 9.15 Å². The summed E-state index contributed by atoms with van der Waals surface area (Å²) in [6.07, 6.45) is -0.657. The highest BCUT2D eigenvalue weighted by Crippen LogP contribution is 2.28. The van der Waals surface area contributed by atoms with E-state index in [9.17, 15) is 13.2 Å². The van der Waals surface area contributed by atoms with Gasteiger partial charge in [0.25, 0.3) is 10.1 Å². The molecule has 1 aromatic heterocycles. The van der Waals surface area contributed by atoms with Crippen LogP contribution in [0.15, 0.2) is 92.0 Å². The fourth-order valence-electron chi connectivity index (χ4n) is 3.40. The van der Waals surface area contributed by atoms with Crippen molar-refractivity contribution in [1.29, 1.82) is 0 Å². The maximum absolute atomic E-state index is 12.6. The maximum atomic E-state index is 12.6. The van der Waals surface area contributed by atoms with Gasteiger partial charge in [-0.15, -0.1) is 0 Å². The molecule has 0 aliphatic rings. The standard InChI is InChI=1S/C27H26O6S2/c1-18-8-14-23(15-9-18)35(29,30)33-19(2)16-31-22-12-10-21(11-13-22)17-34-27-20(3)26(28)24-6-4-5-7-25(24)32-27/h4-15,19H,16-17H2,1-3H3. The highest BCUT2D eigenvalue weighted by atomic mass is 32.2. The first-order chi connectivity index (χ1) is 16.7. The minimum atomic E-state index is -3.86. The molecule has 6 nitrogen and oxygen atoms in total. The Kier molecular flexibility index (Phi) is 7.64. The van der Waals surface area contributed by atoms with Crippen LogP contribution >= 0.6 is 11.8 Å². The minimum absolute atomic E-state index is 0.0150. The molecule has 182 valence electrons. The lowest BCUT2D eigenvalue weighted by Crippen LogP contribution is -2.22. The van der Waals surface area contributed by atoms with Crippen molar-refractivity contribution >= 4 is 32.8 Å². The second kappa shape index (κ2) is 10.7. The van der Waals surface area contributed by atoms with Crippen LogP contribution in [0.4, 0.5) is 0 Å². The first-order valence-electron chi connectivity index (χ1n) is 11.1. The highest BCUT2D eigenvalue weighted by molar-refractivity contribution is 7.98. The predicted octanol–water partition coefficient (Wildman–Crippen LogP) is 5.87. The molecule has 1 atom stereocenters. The molecule has 4 rings (SSSR count). The van der Waals surface area contributed by atoms with Crippen molar-refractivity contribution in [3.8, 4) is 5.75 Å². The molecule has 0 fully saturated rings. The zero-order valence-corrected chi connectivity index (χ0v) is 21.3. The average Bonchev–Trinajstić information content (AvgIpc) is 2.85. The molecule has 4 aromatic rings. The Balaban J connectivity index is 1.32. The SMILES string of the molecule is Cc1ccc(S(=O)(=O)OC(C)COc2ccc(CSc3oc4ccccc4c(=O)c3C)cc2)cc1. The van der Waals surface area contributed by atoms with Gasteiger partial charge in [0.15, 0.2) is 10.5 Å². The monoisotopic (exact) mass is 510 g/mol. The van der Waals surface area contributed by atoms with E-state index in [0.29, 0.717) is 33.1 Å². The lowest BCUT2D eigenvalue weighted by molar-refractivity contribution is 0.149. The number of aryl methyl sites for hydroxylation is 1. The van der Waals surface area contributed by atoms with Crippen molar-refractivity contribution in [2.45, 2.75) is 42.6 Å². The average molecular weight is 511 g/mol. The fourth-order valence-corrected chi connectivity index (χ4v) is 5.42. The summed E-state index contributed by atoms with van der Waals surface area (Å²) < 4.78 is 41.7. The minimum Gasteiger partial charge on any atom is -0.491 e. The van der Waals surface area contributed by atoms with Crippen LogP contribution in [0.25, 0.3) is 11.0 Å². The Bertz CT molecular complexity index is 1470. The molecule has 0 aliphatic heterocycles. The van der Waals surface area contributed by atoms with E-state index in [1.807, 2.05) is 43.3 Å². The summed E-state index contributed by atoms with van der Waals surface area (Å²) in [4.78, 5) is 12.7. The first kappa shape index (κ1) is 25.0. The number of rotatable bonds is 9. The number of hydrogen-bond donors (Lipinski definition) is 0. The van der Waals surface area contributed by atoms with Gasteiger partial charge in [0, 0.05) is 11.3 Å². The Morgan fingerprint density at radius 3 is 2.34 bits per heavy atom. The largest absolute Gasteiger partial charge is 0.491 e. The zero-order chi connectivity index (χ0) is 25.0. The molecule has 1 unspecified atom stereocenters. The smallest absolute Gasteiger partial charge is 0.297 e.